The van der Waals surface area contributed by atoms with Crippen molar-refractivity contribution in [1.29, 1.82) is 0 Å². The van der Waals surface area contributed by atoms with E-state index in [2.05, 4.69) is 20.8 Å². The fraction of sp³-hybridized carbons (Fsp3) is 0.652. The molecule has 1 amide bonds. The lowest BCUT2D eigenvalue weighted by Crippen LogP contribution is -2.40. The Bertz CT molecular complexity index is 701. The molecule has 5 nitrogen and oxygen atoms in total. The van der Waals surface area contributed by atoms with Gasteiger partial charge in [0.15, 0.2) is 12.7 Å². The van der Waals surface area contributed by atoms with E-state index in [-0.39, 0.29) is 23.8 Å². The molecule has 0 aromatic heterocycles. The number of ether oxygens (including phenoxy) is 1. The highest BCUT2D eigenvalue weighted by Crippen LogP contribution is 2.40. The first-order valence-corrected chi connectivity index (χ1v) is 10.5. The first-order valence-electron chi connectivity index (χ1n) is 10.5. The number of carbonyl (C=O) groups excluding carboxylic acids is 2. The van der Waals surface area contributed by atoms with Gasteiger partial charge in [0.05, 0.1) is 0 Å². The van der Waals surface area contributed by atoms with Gasteiger partial charge in [0.2, 0.25) is 0 Å². The van der Waals surface area contributed by atoms with E-state index in [0.717, 1.165) is 49.8 Å². The minimum atomic E-state index is -1.14. The number of aliphatic hydroxyl groups is 1. The molecule has 2 aliphatic rings. The fourth-order valence-electron chi connectivity index (χ4n) is 4.58. The zero-order valence-corrected chi connectivity index (χ0v) is 17.3. The van der Waals surface area contributed by atoms with Crippen molar-refractivity contribution >= 4 is 17.6 Å². The molecule has 1 N–H and O–H groups in total. The first kappa shape index (κ1) is 20.8. The Morgan fingerprint density at radius 1 is 1.18 bits per heavy atom. The molecule has 1 aliphatic carbocycles. The van der Waals surface area contributed by atoms with Crippen LogP contribution in [0, 0.1) is 17.3 Å². The van der Waals surface area contributed by atoms with Crippen LogP contribution in [-0.2, 0) is 20.7 Å². The van der Waals surface area contributed by atoms with E-state index in [9.17, 15) is 14.7 Å². The van der Waals surface area contributed by atoms with E-state index in [1.54, 1.807) is 4.90 Å². The molecule has 1 aromatic carbocycles. The van der Waals surface area contributed by atoms with Gasteiger partial charge in [0.1, 0.15) is 0 Å². The van der Waals surface area contributed by atoms with Gasteiger partial charge in [0.25, 0.3) is 5.91 Å². The van der Waals surface area contributed by atoms with Crippen molar-refractivity contribution in [3.05, 3.63) is 29.8 Å². The number of nitrogens with zero attached hydrogens (tertiary/aromatic N) is 1. The molecule has 3 rings (SSSR count). The van der Waals surface area contributed by atoms with Crippen LogP contribution in [0.3, 0.4) is 0 Å². The summed E-state index contributed by atoms with van der Waals surface area (Å²) in [5.41, 5.74) is 2.30. The number of hydrogen-bond acceptors (Lipinski definition) is 4. The smallest absolute Gasteiger partial charge is 0.335 e. The van der Waals surface area contributed by atoms with Crippen LogP contribution in [0.1, 0.15) is 58.4 Å². The summed E-state index contributed by atoms with van der Waals surface area (Å²) < 4.78 is 5.20. The third-order valence-electron chi connectivity index (χ3n) is 6.43. The van der Waals surface area contributed by atoms with Crippen molar-refractivity contribution in [2.45, 2.75) is 65.4 Å². The summed E-state index contributed by atoms with van der Waals surface area (Å²) in [7, 11) is 0. The van der Waals surface area contributed by atoms with Crippen molar-refractivity contribution in [1.82, 2.24) is 0 Å². The van der Waals surface area contributed by atoms with E-state index in [0.29, 0.717) is 12.5 Å². The predicted molar refractivity (Wildman–Crippen MR) is 109 cm³/mol. The number of para-hydroxylation sites is 1. The number of aryl methyl sites for hydroxylation is 1. The molecular weight excluding hydrogens is 354 g/mol. The minimum absolute atomic E-state index is 0.0723. The standard InChI is InChI=1S/C23H33NO4/c1-23(2,3)18-12-10-17(11-13-18)21(26)22(27)28-15-20(25)24-14-6-8-16-7-4-5-9-19(16)24/h4-5,7,9,17-18,21,26H,6,8,10-15H2,1-3H3. The Kier molecular flexibility index (Phi) is 6.43. The Hall–Kier alpha value is -1.88. The average Bonchev–Trinajstić information content (AvgIpc) is 2.70. The van der Waals surface area contributed by atoms with Crippen LogP contribution in [0.4, 0.5) is 5.69 Å². The van der Waals surface area contributed by atoms with Crippen LogP contribution < -0.4 is 4.90 Å². The molecule has 1 fully saturated rings. The van der Waals surface area contributed by atoms with E-state index in [1.165, 1.54) is 0 Å². The number of amides is 1. The summed E-state index contributed by atoms with van der Waals surface area (Å²) in [6.07, 6.45) is 4.40. The number of rotatable bonds is 4. The molecule has 5 heteroatoms. The number of benzene rings is 1. The van der Waals surface area contributed by atoms with Gasteiger partial charge in [-0.1, -0.05) is 39.0 Å². The van der Waals surface area contributed by atoms with E-state index >= 15 is 0 Å². The molecule has 0 bridgehead atoms. The Morgan fingerprint density at radius 3 is 2.54 bits per heavy atom. The van der Waals surface area contributed by atoms with E-state index in [4.69, 9.17) is 4.74 Å². The largest absolute Gasteiger partial charge is 0.454 e. The van der Waals surface area contributed by atoms with Gasteiger partial charge in [-0.05, 0) is 67.4 Å². The second-order valence-corrected chi connectivity index (χ2v) is 9.31. The molecular formula is C23H33NO4. The normalized spacial score (nSPS) is 23.6. The number of aliphatic hydroxyl groups excluding tert-OH is 1. The number of hydrogen-bond donors (Lipinski definition) is 1. The predicted octanol–water partition coefficient (Wildman–Crippen LogP) is 3.72. The van der Waals surface area contributed by atoms with Gasteiger partial charge in [-0.25, -0.2) is 4.79 Å². The van der Waals surface area contributed by atoms with E-state index < -0.39 is 12.1 Å². The minimum Gasteiger partial charge on any atom is -0.454 e. The van der Waals surface area contributed by atoms with Crippen LogP contribution in [0.25, 0.3) is 0 Å². The number of anilines is 1. The maximum Gasteiger partial charge on any atom is 0.335 e. The van der Waals surface area contributed by atoms with Gasteiger partial charge in [0, 0.05) is 12.2 Å². The lowest BCUT2D eigenvalue weighted by atomic mass is 9.69. The second-order valence-electron chi connectivity index (χ2n) is 9.31. The van der Waals surface area contributed by atoms with Crippen LogP contribution in [0.15, 0.2) is 24.3 Å². The van der Waals surface area contributed by atoms with Crippen molar-refractivity contribution in [3.63, 3.8) is 0 Å². The van der Waals surface area contributed by atoms with Gasteiger partial charge in [-0.3, -0.25) is 4.79 Å². The third-order valence-corrected chi connectivity index (χ3v) is 6.43. The molecule has 1 aliphatic heterocycles. The monoisotopic (exact) mass is 387 g/mol. The molecule has 1 unspecified atom stereocenters. The average molecular weight is 388 g/mol. The molecule has 0 radical (unpaired) electrons. The zero-order valence-electron chi connectivity index (χ0n) is 17.3. The number of esters is 1. The maximum absolute atomic E-state index is 12.6. The van der Waals surface area contributed by atoms with Gasteiger partial charge < -0.3 is 14.7 Å². The van der Waals surface area contributed by atoms with Crippen molar-refractivity contribution in [3.8, 4) is 0 Å². The van der Waals surface area contributed by atoms with Crippen LogP contribution in [0.5, 0.6) is 0 Å². The SMILES string of the molecule is CC(C)(C)C1CCC(C(O)C(=O)OCC(=O)N2CCCc3ccccc32)CC1. The summed E-state index contributed by atoms with van der Waals surface area (Å²) in [5, 5.41) is 10.4. The summed E-state index contributed by atoms with van der Waals surface area (Å²) >= 11 is 0. The quantitative estimate of drug-likeness (QED) is 0.800. The summed E-state index contributed by atoms with van der Waals surface area (Å²) in [4.78, 5) is 26.6. The number of fused-ring (bicyclic) bond motifs is 1. The molecule has 1 heterocycles. The highest BCUT2D eigenvalue weighted by Gasteiger charge is 2.35. The van der Waals surface area contributed by atoms with Crippen molar-refractivity contribution in [2.24, 2.45) is 17.3 Å². The van der Waals surface area contributed by atoms with Crippen LogP contribution >= 0.6 is 0 Å². The lowest BCUT2D eigenvalue weighted by molar-refractivity contribution is -0.160. The van der Waals surface area contributed by atoms with Crippen molar-refractivity contribution in [2.75, 3.05) is 18.1 Å². The number of carbonyl (C=O) groups is 2. The molecule has 28 heavy (non-hydrogen) atoms. The molecule has 0 spiro atoms. The van der Waals surface area contributed by atoms with Gasteiger partial charge in [-0.15, -0.1) is 0 Å². The van der Waals surface area contributed by atoms with Crippen LogP contribution in [-0.4, -0.2) is 36.2 Å². The van der Waals surface area contributed by atoms with Gasteiger partial charge in [-0.2, -0.15) is 0 Å². The Balaban J connectivity index is 1.50. The van der Waals surface area contributed by atoms with Crippen molar-refractivity contribution < 1.29 is 19.4 Å². The molecule has 1 atom stereocenters. The highest BCUT2D eigenvalue weighted by atomic mass is 16.5. The van der Waals surface area contributed by atoms with Crippen LogP contribution in [0.2, 0.25) is 0 Å². The molecule has 154 valence electrons. The van der Waals surface area contributed by atoms with Gasteiger partial charge >= 0.3 is 5.97 Å². The second kappa shape index (κ2) is 8.64. The maximum atomic E-state index is 12.6. The zero-order chi connectivity index (χ0) is 20.3. The summed E-state index contributed by atoms with van der Waals surface area (Å²) in [6.45, 7) is 7.04. The highest BCUT2D eigenvalue weighted by molar-refractivity contribution is 5.96. The molecule has 1 aromatic rings. The molecule has 0 saturated heterocycles. The summed E-state index contributed by atoms with van der Waals surface area (Å²) in [6, 6.07) is 7.83. The Morgan fingerprint density at radius 2 is 1.86 bits per heavy atom. The van der Waals surface area contributed by atoms with E-state index in [1.807, 2.05) is 24.3 Å². The Labute approximate surface area is 168 Å². The first-order chi connectivity index (χ1) is 13.3. The lowest BCUT2D eigenvalue weighted by Gasteiger charge is -2.37. The summed E-state index contributed by atoms with van der Waals surface area (Å²) in [5.74, 6) is -0.355. The topological polar surface area (TPSA) is 66.8 Å². The molecule has 1 saturated carbocycles. The third kappa shape index (κ3) is 4.75. The fourth-order valence-corrected chi connectivity index (χ4v) is 4.58.